The Balaban J connectivity index is 1.67. The summed E-state index contributed by atoms with van der Waals surface area (Å²) in [4.78, 5) is 18.1. The zero-order chi connectivity index (χ0) is 21.0. The number of benzene rings is 1. The molecule has 29 heavy (non-hydrogen) atoms. The zero-order valence-electron chi connectivity index (χ0n) is 16.1. The number of aromatic nitrogens is 1. The van der Waals surface area contributed by atoms with Crippen LogP contribution in [0.3, 0.4) is 0 Å². The molecular formula is C20H25N5O3S. The van der Waals surface area contributed by atoms with Crippen molar-refractivity contribution in [2.24, 2.45) is 11.0 Å². The molecule has 0 amide bonds. The number of sulfonamides is 1. The third kappa shape index (κ3) is 8.03. The number of aldehydes is 1. The molecule has 1 heterocycles. The van der Waals surface area contributed by atoms with E-state index < -0.39 is 10.0 Å². The van der Waals surface area contributed by atoms with Crippen LogP contribution < -0.4 is 4.72 Å². The average molecular weight is 416 g/mol. The first kappa shape index (κ1) is 22.5. The van der Waals surface area contributed by atoms with Gasteiger partial charge in [0.2, 0.25) is 10.0 Å². The largest absolute Gasteiger partial charge is 0.303 e. The van der Waals surface area contributed by atoms with Gasteiger partial charge in [-0.15, -0.1) is 0 Å². The van der Waals surface area contributed by atoms with Gasteiger partial charge >= 0.3 is 0 Å². The second-order valence-electron chi connectivity index (χ2n) is 6.73. The van der Waals surface area contributed by atoms with Crippen molar-refractivity contribution >= 4 is 22.0 Å². The van der Waals surface area contributed by atoms with Crippen LogP contribution in [0.1, 0.15) is 37.7 Å². The fourth-order valence-electron chi connectivity index (χ4n) is 2.96. The molecule has 1 aromatic heterocycles. The van der Waals surface area contributed by atoms with Gasteiger partial charge in [-0.2, -0.15) is 0 Å². The van der Waals surface area contributed by atoms with Crippen LogP contribution in [-0.2, 0) is 21.2 Å². The van der Waals surface area contributed by atoms with Gasteiger partial charge in [-0.25, -0.2) is 13.1 Å². The molecule has 0 fully saturated rings. The summed E-state index contributed by atoms with van der Waals surface area (Å²) >= 11 is 0. The maximum atomic E-state index is 12.3. The number of rotatable bonds is 13. The van der Waals surface area contributed by atoms with Gasteiger partial charge < -0.3 is 4.79 Å². The van der Waals surface area contributed by atoms with Crippen LogP contribution in [0.25, 0.3) is 10.4 Å². The molecule has 0 saturated carbocycles. The van der Waals surface area contributed by atoms with Crippen molar-refractivity contribution in [1.29, 1.82) is 0 Å². The zero-order valence-corrected chi connectivity index (χ0v) is 17.0. The minimum absolute atomic E-state index is 0.00323. The molecule has 2 rings (SSSR count). The smallest absolute Gasteiger partial charge is 0.240 e. The Bertz CT molecular complexity index is 911. The summed E-state index contributed by atoms with van der Waals surface area (Å²) in [5, 5.41) is 3.41. The lowest BCUT2D eigenvalue weighted by atomic mass is 9.96. The number of pyridine rings is 1. The number of carbonyl (C=O) groups is 1. The molecule has 0 aliphatic carbocycles. The quantitative estimate of drug-likeness (QED) is 0.172. The molecular weight excluding hydrogens is 390 g/mol. The van der Waals surface area contributed by atoms with Crippen molar-refractivity contribution in [3.63, 3.8) is 0 Å². The van der Waals surface area contributed by atoms with Gasteiger partial charge in [0, 0.05) is 35.5 Å². The van der Waals surface area contributed by atoms with E-state index in [1.807, 2.05) is 18.3 Å². The van der Waals surface area contributed by atoms with Crippen molar-refractivity contribution in [2.75, 3.05) is 6.54 Å². The van der Waals surface area contributed by atoms with E-state index in [0.717, 1.165) is 38.4 Å². The summed E-state index contributed by atoms with van der Waals surface area (Å²) in [6.07, 6.45) is 9.40. The summed E-state index contributed by atoms with van der Waals surface area (Å²) in [5.41, 5.74) is 9.90. The number of carbonyl (C=O) groups excluding carboxylic acids is 1. The van der Waals surface area contributed by atoms with E-state index in [-0.39, 0.29) is 10.8 Å². The average Bonchev–Trinajstić information content (AvgIpc) is 2.73. The first-order valence-electron chi connectivity index (χ1n) is 9.54. The highest BCUT2D eigenvalue weighted by molar-refractivity contribution is 7.89. The predicted molar refractivity (Wildman–Crippen MR) is 111 cm³/mol. The predicted octanol–water partition coefficient (Wildman–Crippen LogP) is 4.31. The Morgan fingerprint density at radius 2 is 1.90 bits per heavy atom. The van der Waals surface area contributed by atoms with E-state index in [0.29, 0.717) is 18.7 Å². The van der Waals surface area contributed by atoms with Gasteiger partial charge in [0.25, 0.3) is 0 Å². The second-order valence-corrected chi connectivity index (χ2v) is 8.49. The molecule has 0 spiro atoms. The van der Waals surface area contributed by atoms with Gasteiger partial charge in [-0.3, -0.25) is 4.98 Å². The monoisotopic (exact) mass is 415 g/mol. The summed E-state index contributed by atoms with van der Waals surface area (Å²) in [6.45, 7) is 0.307. The molecule has 9 heteroatoms. The summed E-state index contributed by atoms with van der Waals surface area (Å²) in [7, 11) is -3.60. The fourth-order valence-corrected chi connectivity index (χ4v) is 4.03. The molecule has 2 aromatic rings. The summed E-state index contributed by atoms with van der Waals surface area (Å²) < 4.78 is 27.1. The Kier molecular flexibility index (Phi) is 9.30. The summed E-state index contributed by atoms with van der Waals surface area (Å²) in [5.74, 6) is -0.00323. The van der Waals surface area contributed by atoms with Gasteiger partial charge in [0.15, 0.2) is 0 Å². The van der Waals surface area contributed by atoms with Crippen LogP contribution in [0, 0.1) is 5.92 Å². The van der Waals surface area contributed by atoms with Crippen LogP contribution in [0.4, 0.5) is 5.69 Å². The molecule has 1 unspecified atom stereocenters. The van der Waals surface area contributed by atoms with Crippen molar-refractivity contribution in [2.45, 2.75) is 43.4 Å². The minimum atomic E-state index is -3.60. The number of hydrogen-bond acceptors (Lipinski definition) is 5. The Hall–Kier alpha value is -2.74. The maximum Gasteiger partial charge on any atom is 0.240 e. The van der Waals surface area contributed by atoms with Crippen molar-refractivity contribution in [3.05, 3.63) is 64.8 Å². The highest BCUT2D eigenvalue weighted by atomic mass is 32.2. The molecule has 0 bridgehead atoms. The minimum Gasteiger partial charge on any atom is -0.303 e. The molecule has 0 saturated heterocycles. The van der Waals surface area contributed by atoms with E-state index in [9.17, 15) is 13.2 Å². The normalized spacial score (nSPS) is 12.1. The van der Waals surface area contributed by atoms with Gasteiger partial charge in [0.05, 0.1) is 4.90 Å². The van der Waals surface area contributed by atoms with Crippen molar-refractivity contribution in [1.82, 2.24) is 9.71 Å². The number of unbranched alkanes of at least 4 members (excludes halogenated alkanes) is 1. The molecule has 1 aromatic carbocycles. The van der Waals surface area contributed by atoms with Crippen LogP contribution in [0.15, 0.2) is 58.8 Å². The molecule has 154 valence electrons. The van der Waals surface area contributed by atoms with E-state index in [2.05, 4.69) is 19.7 Å². The lowest BCUT2D eigenvalue weighted by molar-refractivity contribution is -0.111. The van der Waals surface area contributed by atoms with Crippen LogP contribution in [-0.4, -0.2) is 26.2 Å². The molecule has 1 atom stereocenters. The van der Waals surface area contributed by atoms with Crippen LogP contribution in [0.5, 0.6) is 0 Å². The number of aryl methyl sites for hydroxylation is 1. The molecule has 1 N–H and O–H groups in total. The highest BCUT2D eigenvalue weighted by Gasteiger charge is 2.13. The van der Waals surface area contributed by atoms with E-state index in [1.165, 1.54) is 29.8 Å². The van der Waals surface area contributed by atoms with Crippen molar-refractivity contribution in [3.8, 4) is 0 Å². The first-order chi connectivity index (χ1) is 14.0. The summed E-state index contributed by atoms with van der Waals surface area (Å²) in [6, 6.07) is 9.64. The lowest BCUT2D eigenvalue weighted by Gasteiger charge is -2.11. The standard InChI is InChI=1S/C20H25N5O3S/c21-25-24-19-9-11-20(12-10-19)29(27,28)23-14-2-1-5-18(16-26)7-3-6-17-8-4-13-22-15-17/h4,8-13,15-16,18,23H,1-3,5-7,14H2. The Labute approximate surface area is 171 Å². The topological polar surface area (TPSA) is 125 Å². The highest BCUT2D eigenvalue weighted by Crippen LogP contribution is 2.17. The van der Waals surface area contributed by atoms with Gasteiger partial charge in [0.1, 0.15) is 6.29 Å². The molecule has 8 nitrogen and oxygen atoms in total. The van der Waals surface area contributed by atoms with E-state index >= 15 is 0 Å². The number of nitrogens with zero attached hydrogens (tertiary/aromatic N) is 4. The molecule has 0 aliphatic heterocycles. The van der Waals surface area contributed by atoms with Gasteiger partial charge in [-0.1, -0.05) is 29.7 Å². The van der Waals surface area contributed by atoms with Crippen molar-refractivity contribution < 1.29 is 13.2 Å². The first-order valence-corrected chi connectivity index (χ1v) is 11.0. The van der Waals surface area contributed by atoms with E-state index in [1.54, 1.807) is 6.20 Å². The Morgan fingerprint density at radius 1 is 1.14 bits per heavy atom. The second kappa shape index (κ2) is 12.0. The Morgan fingerprint density at radius 3 is 2.55 bits per heavy atom. The maximum absolute atomic E-state index is 12.3. The van der Waals surface area contributed by atoms with Crippen LogP contribution in [0.2, 0.25) is 0 Å². The number of azide groups is 1. The lowest BCUT2D eigenvalue weighted by Crippen LogP contribution is -2.24. The fraction of sp³-hybridized carbons (Fsp3) is 0.400. The third-order valence-corrected chi connectivity index (χ3v) is 6.03. The third-order valence-electron chi connectivity index (χ3n) is 4.56. The molecule has 0 aliphatic rings. The molecule has 0 radical (unpaired) electrons. The van der Waals surface area contributed by atoms with E-state index in [4.69, 9.17) is 5.53 Å². The SMILES string of the molecule is [N-]=[N+]=Nc1ccc(S(=O)(=O)NCCCCC(C=O)CCCc2cccnc2)cc1. The number of nitrogens with one attached hydrogen (secondary N) is 1. The number of hydrogen-bond donors (Lipinski definition) is 1. The van der Waals surface area contributed by atoms with Crippen LogP contribution >= 0.6 is 0 Å². The van der Waals surface area contributed by atoms with Gasteiger partial charge in [-0.05, 0) is 61.4 Å².